The summed E-state index contributed by atoms with van der Waals surface area (Å²) in [5.41, 5.74) is 1.66. The first-order valence-corrected chi connectivity index (χ1v) is 6.71. The van der Waals surface area contributed by atoms with E-state index in [9.17, 15) is 5.11 Å². The van der Waals surface area contributed by atoms with Gasteiger partial charge in [-0.05, 0) is 36.8 Å². The number of aliphatic hydroxyl groups is 1. The van der Waals surface area contributed by atoms with Gasteiger partial charge in [-0.3, -0.25) is 0 Å². The lowest BCUT2D eigenvalue weighted by Crippen LogP contribution is -2.13. The van der Waals surface area contributed by atoms with Crippen LogP contribution in [0.3, 0.4) is 0 Å². The predicted molar refractivity (Wildman–Crippen MR) is 82.0 cm³/mol. The van der Waals surface area contributed by atoms with Crippen molar-refractivity contribution < 1.29 is 14.6 Å². The summed E-state index contributed by atoms with van der Waals surface area (Å²) in [6.07, 6.45) is -0.684. The Morgan fingerprint density at radius 2 is 1.81 bits per heavy atom. The molecule has 0 saturated heterocycles. The molecule has 0 unspecified atom stereocenters. The van der Waals surface area contributed by atoms with E-state index in [0.717, 1.165) is 17.1 Å². The third-order valence-electron chi connectivity index (χ3n) is 3.12. The molecule has 1 atom stereocenters. The molecule has 0 aliphatic rings. The van der Waals surface area contributed by atoms with Gasteiger partial charge in [0.25, 0.3) is 0 Å². The quantitative estimate of drug-likeness (QED) is 0.855. The van der Waals surface area contributed by atoms with E-state index in [2.05, 4.69) is 10.3 Å². The number of aromatic nitrogens is 1. The van der Waals surface area contributed by atoms with E-state index in [-0.39, 0.29) is 0 Å². The van der Waals surface area contributed by atoms with E-state index in [4.69, 9.17) is 9.47 Å². The summed E-state index contributed by atoms with van der Waals surface area (Å²) >= 11 is 0. The van der Waals surface area contributed by atoms with Crippen LogP contribution in [0.5, 0.6) is 11.5 Å². The molecular weight excluding hydrogens is 268 g/mol. The normalized spacial score (nSPS) is 11.8. The van der Waals surface area contributed by atoms with E-state index in [1.807, 2.05) is 25.1 Å². The van der Waals surface area contributed by atoms with Gasteiger partial charge < -0.3 is 19.9 Å². The van der Waals surface area contributed by atoms with Crippen molar-refractivity contribution in [1.82, 2.24) is 4.98 Å². The molecule has 112 valence electrons. The molecule has 0 amide bonds. The predicted octanol–water partition coefficient (Wildman–Crippen LogP) is 2.55. The van der Waals surface area contributed by atoms with E-state index in [0.29, 0.717) is 18.0 Å². The first kappa shape index (κ1) is 15.1. The molecule has 5 nitrogen and oxygen atoms in total. The van der Waals surface area contributed by atoms with Crippen LogP contribution in [0.1, 0.15) is 17.4 Å². The van der Waals surface area contributed by atoms with Crippen LogP contribution in [0, 0.1) is 6.92 Å². The van der Waals surface area contributed by atoms with Gasteiger partial charge in [0.1, 0.15) is 17.3 Å². The van der Waals surface area contributed by atoms with Crippen LogP contribution in [0.25, 0.3) is 0 Å². The molecule has 2 rings (SSSR count). The highest BCUT2D eigenvalue weighted by molar-refractivity contribution is 5.41. The Morgan fingerprint density at radius 3 is 2.38 bits per heavy atom. The molecule has 0 spiro atoms. The molecule has 2 aromatic rings. The lowest BCUT2D eigenvalue weighted by atomic mass is 10.1. The number of pyridine rings is 1. The fraction of sp³-hybridized carbons (Fsp3) is 0.312. The molecule has 0 fully saturated rings. The number of anilines is 1. The average Bonchev–Trinajstić information content (AvgIpc) is 2.52. The van der Waals surface area contributed by atoms with E-state index in [1.54, 1.807) is 32.4 Å². The molecule has 0 radical (unpaired) electrons. The average molecular weight is 288 g/mol. The van der Waals surface area contributed by atoms with Crippen LogP contribution in [0.15, 0.2) is 36.4 Å². The highest BCUT2D eigenvalue weighted by Gasteiger charge is 2.11. The molecule has 0 bridgehead atoms. The summed E-state index contributed by atoms with van der Waals surface area (Å²) in [5.74, 6) is 2.04. The molecule has 1 heterocycles. The van der Waals surface area contributed by atoms with Crippen molar-refractivity contribution in [1.29, 1.82) is 0 Å². The highest BCUT2D eigenvalue weighted by atomic mass is 16.5. The summed E-state index contributed by atoms with van der Waals surface area (Å²) in [5, 5.41) is 13.4. The first-order chi connectivity index (χ1) is 10.1. The molecule has 0 saturated carbocycles. The van der Waals surface area contributed by atoms with Crippen LogP contribution in [-0.4, -0.2) is 30.9 Å². The SMILES string of the molecule is COc1cc(OC)cc([C@@H](O)CNc2cccc(C)n2)c1. The first-order valence-electron chi connectivity index (χ1n) is 6.71. The molecule has 0 aliphatic carbocycles. The van der Waals surface area contributed by atoms with Crippen LogP contribution >= 0.6 is 0 Å². The minimum absolute atomic E-state index is 0.354. The number of nitrogens with one attached hydrogen (secondary N) is 1. The number of hydrogen-bond acceptors (Lipinski definition) is 5. The summed E-state index contributed by atoms with van der Waals surface area (Å²) in [4.78, 5) is 4.33. The lowest BCUT2D eigenvalue weighted by Gasteiger charge is -2.15. The number of hydrogen-bond donors (Lipinski definition) is 2. The highest BCUT2D eigenvalue weighted by Crippen LogP contribution is 2.26. The van der Waals surface area contributed by atoms with E-state index < -0.39 is 6.10 Å². The fourth-order valence-electron chi connectivity index (χ4n) is 1.98. The van der Waals surface area contributed by atoms with Crippen LogP contribution in [0.2, 0.25) is 0 Å². The maximum Gasteiger partial charge on any atom is 0.126 e. The zero-order valence-electron chi connectivity index (χ0n) is 12.5. The van der Waals surface area contributed by atoms with Gasteiger partial charge in [0.05, 0.1) is 20.3 Å². The number of aryl methyl sites for hydroxylation is 1. The van der Waals surface area contributed by atoms with Crippen molar-refractivity contribution in [3.05, 3.63) is 47.7 Å². The van der Waals surface area contributed by atoms with E-state index >= 15 is 0 Å². The fourth-order valence-corrected chi connectivity index (χ4v) is 1.98. The van der Waals surface area contributed by atoms with Gasteiger partial charge in [-0.15, -0.1) is 0 Å². The number of rotatable bonds is 6. The molecule has 21 heavy (non-hydrogen) atoms. The topological polar surface area (TPSA) is 63.6 Å². The number of methoxy groups -OCH3 is 2. The second kappa shape index (κ2) is 6.95. The Morgan fingerprint density at radius 1 is 1.14 bits per heavy atom. The Balaban J connectivity index is 2.07. The Hall–Kier alpha value is -2.27. The standard InChI is InChI=1S/C16H20N2O3/c1-11-5-4-6-16(18-11)17-10-15(19)12-7-13(20-2)9-14(8-12)21-3/h4-9,15,19H,10H2,1-3H3,(H,17,18)/t15-/m0/s1. The molecule has 1 aromatic heterocycles. The molecule has 2 N–H and O–H groups in total. The number of benzene rings is 1. The Kier molecular flexibility index (Phi) is 5.00. The summed E-state index contributed by atoms with van der Waals surface area (Å²) in [6.45, 7) is 2.28. The van der Waals surface area contributed by atoms with Crippen LogP contribution < -0.4 is 14.8 Å². The number of aliphatic hydroxyl groups excluding tert-OH is 1. The lowest BCUT2D eigenvalue weighted by molar-refractivity contribution is 0.190. The number of ether oxygens (including phenoxy) is 2. The van der Waals surface area contributed by atoms with Gasteiger partial charge in [0.15, 0.2) is 0 Å². The second-order valence-electron chi connectivity index (χ2n) is 4.71. The Bertz CT molecular complexity index is 580. The Labute approximate surface area is 124 Å². The van der Waals surface area contributed by atoms with Gasteiger partial charge in [-0.1, -0.05) is 6.07 Å². The maximum atomic E-state index is 10.3. The van der Waals surface area contributed by atoms with Gasteiger partial charge in [-0.25, -0.2) is 4.98 Å². The van der Waals surface area contributed by atoms with Crippen molar-refractivity contribution in [3.63, 3.8) is 0 Å². The maximum absolute atomic E-state index is 10.3. The van der Waals surface area contributed by atoms with Crippen molar-refractivity contribution >= 4 is 5.82 Å². The monoisotopic (exact) mass is 288 g/mol. The molecule has 1 aromatic carbocycles. The van der Waals surface area contributed by atoms with Crippen molar-refractivity contribution in [2.75, 3.05) is 26.1 Å². The third kappa shape index (κ3) is 4.10. The summed E-state index contributed by atoms with van der Waals surface area (Å²) in [7, 11) is 3.17. The summed E-state index contributed by atoms with van der Waals surface area (Å²) < 4.78 is 10.4. The molecule has 5 heteroatoms. The summed E-state index contributed by atoms with van der Waals surface area (Å²) in [6, 6.07) is 11.1. The smallest absolute Gasteiger partial charge is 0.126 e. The van der Waals surface area contributed by atoms with Gasteiger partial charge in [0.2, 0.25) is 0 Å². The van der Waals surface area contributed by atoms with Crippen molar-refractivity contribution in [2.24, 2.45) is 0 Å². The van der Waals surface area contributed by atoms with Gasteiger partial charge >= 0.3 is 0 Å². The zero-order chi connectivity index (χ0) is 15.2. The van der Waals surface area contributed by atoms with Crippen molar-refractivity contribution in [2.45, 2.75) is 13.0 Å². The molecular formula is C16H20N2O3. The largest absolute Gasteiger partial charge is 0.497 e. The minimum Gasteiger partial charge on any atom is -0.497 e. The van der Waals surface area contributed by atoms with E-state index in [1.165, 1.54) is 0 Å². The van der Waals surface area contributed by atoms with Gasteiger partial charge in [0, 0.05) is 18.3 Å². The molecule has 0 aliphatic heterocycles. The third-order valence-corrected chi connectivity index (χ3v) is 3.12. The zero-order valence-corrected chi connectivity index (χ0v) is 12.5. The second-order valence-corrected chi connectivity index (χ2v) is 4.71. The van der Waals surface area contributed by atoms with Crippen LogP contribution in [-0.2, 0) is 0 Å². The minimum atomic E-state index is -0.684. The van der Waals surface area contributed by atoms with Crippen molar-refractivity contribution in [3.8, 4) is 11.5 Å². The van der Waals surface area contributed by atoms with Gasteiger partial charge in [-0.2, -0.15) is 0 Å². The van der Waals surface area contributed by atoms with Crippen LogP contribution in [0.4, 0.5) is 5.82 Å². The number of nitrogens with zero attached hydrogens (tertiary/aromatic N) is 1.